The van der Waals surface area contributed by atoms with Crippen LogP contribution in [0.15, 0.2) is 0 Å². The Morgan fingerprint density at radius 3 is 2.53 bits per heavy atom. The van der Waals surface area contributed by atoms with Crippen molar-refractivity contribution in [2.75, 3.05) is 20.1 Å². The molecule has 166 valence electrons. The van der Waals surface area contributed by atoms with Crippen molar-refractivity contribution in [3.63, 3.8) is 0 Å². The van der Waals surface area contributed by atoms with Gasteiger partial charge in [-0.2, -0.15) is 5.26 Å². The molecule has 0 aromatic carbocycles. The molecule has 0 spiro atoms. The fourth-order valence-electron chi connectivity index (χ4n) is 5.46. The Hall–Kier alpha value is -2.14. The summed E-state index contributed by atoms with van der Waals surface area (Å²) >= 11 is 0. The third-order valence-electron chi connectivity index (χ3n) is 7.32. The van der Waals surface area contributed by atoms with Gasteiger partial charge in [-0.05, 0) is 42.6 Å². The van der Waals surface area contributed by atoms with Gasteiger partial charge in [-0.3, -0.25) is 14.4 Å². The summed E-state index contributed by atoms with van der Waals surface area (Å²) in [5.41, 5.74) is -0.288. The summed E-state index contributed by atoms with van der Waals surface area (Å²) in [5.74, 6) is -0.292. The predicted octanol–water partition coefficient (Wildman–Crippen LogP) is 0.638. The zero-order valence-electron chi connectivity index (χ0n) is 18.9. The van der Waals surface area contributed by atoms with E-state index in [4.69, 9.17) is 0 Å². The standard InChI is InChI=1S/C22H35N5O3/c1-21(2,3)17(24-6)20(30)27-11-14-15(22(14,4)5)16(27)19(29)26-13(10-23)9-12-7-8-25-18(12)28/h12-17,24H,7-9,11H2,1-6H3,(H,25,28)(H,26,29)/t12-,13-,14?,15-,16-,17+/m0/s1. The molecule has 3 aliphatic rings. The van der Waals surface area contributed by atoms with Crippen molar-refractivity contribution >= 4 is 17.7 Å². The molecule has 2 heterocycles. The highest BCUT2D eigenvalue weighted by Gasteiger charge is 2.69. The van der Waals surface area contributed by atoms with E-state index in [0.29, 0.717) is 25.9 Å². The predicted molar refractivity (Wildman–Crippen MR) is 112 cm³/mol. The molecule has 1 unspecified atom stereocenters. The molecule has 0 radical (unpaired) electrons. The number of rotatable bonds is 6. The number of likely N-dealkylation sites (tertiary alicyclic amines) is 1. The van der Waals surface area contributed by atoms with E-state index in [0.717, 1.165) is 0 Å². The van der Waals surface area contributed by atoms with Crippen molar-refractivity contribution in [3.8, 4) is 6.07 Å². The number of hydrogen-bond acceptors (Lipinski definition) is 5. The van der Waals surface area contributed by atoms with Gasteiger partial charge in [0.15, 0.2) is 0 Å². The molecule has 6 atom stereocenters. The molecular formula is C22H35N5O3. The van der Waals surface area contributed by atoms with Crippen LogP contribution in [0.25, 0.3) is 0 Å². The fraction of sp³-hybridized carbons (Fsp3) is 0.818. The van der Waals surface area contributed by atoms with Crippen LogP contribution in [0, 0.1) is 39.9 Å². The summed E-state index contributed by atoms with van der Waals surface area (Å²) in [6, 6.07) is 0.404. The third kappa shape index (κ3) is 3.92. The lowest BCUT2D eigenvalue weighted by atomic mass is 9.85. The van der Waals surface area contributed by atoms with Crippen LogP contribution >= 0.6 is 0 Å². The molecule has 1 aliphatic carbocycles. The van der Waals surface area contributed by atoms with Crippen LogP contribution in [-0.4, -0.2) is 60.9 Å². The van der Waals surface area contributed by atoms with Crippen LogP contribution in [-0.2, 0) is 14.4 Å². The third-order valence-corrected chi connectivity index (χ3v) is 7.32. The van der Waals surface area contributed by atoms with Crippen molar-refractivity contribution in [1.82, 2.24) is 20.9 Å². The van der Waals surface area contributed by atoms with Gasteiger partial charge < -0.3 is 20.9 Å². The number of carbonyl (C=O) groups excluding carboxylic acids is 3. The maximum absolute atomic E-state index is 13.4. The highest BCUT2D eigenvalue weighted by Crippen LogP contribution is 2.65. The van der Waals surface area contributed by atoms with E-state index in [1.54, 1.807) is 11.9 Å². The van der Waals surface area contributed by atoms with Crippen LogP contribution in [0.2, 0.25) is 0 Å². The Morgan fingerprint density at radius 2 is 2.03 bits per heavy atom. The zero-order valence-corrected chi connectivity index (χ0v) is 18.9. The second kappa shape index (κ2) is 7.84. The van der Waals surface area contributed by atoms with E-state index in [1.165, 1.54) is 0 Å². The van der Waals surface area contributed by atoms with Gasteiger partial charge in [0.1, 0.15) is 12.1 Å². The molecule has 0 aromatic heterocycles. The fourth-order valence-corrected chi connectivity index (χ4v) is 5.46. The van der Waals surface area contributed by atoms with E-state index in [1.807, 2.05) is 20.8 Å². The average Bonchev–Trinajstić information content (AvgIpc) is 3.02. The zero-order chi connectivity index (χ0) is 22.4. The summed E-state index contributed by atoms with van der Waals surface area (Å²) in [4.78, 5) is 40.2. The SMILES string of the molecule is CN[C@H](C(=O)N1CC2[C@@H]([C@H]1C(=O)N[C@H](C#N)C[C@@H]1CCNC1=O)C2(C)C)C(C)(C)C. The van der Waals surface area contributed by atoms with E-state index in [2.05, 4.69) is 35.9 Å². The molecule has 8 heteroatoms. The topological polar surface area (TPSA) is 114 Å². The van der Waals surface area contributed by atoms with Crippen LogP contribution in [0.5, 0.6) is 0 Å². The average molecular weight is 418 g/mol. The van der Waals surface area contributed by atoms with Crippen LogP contribution in [0.4, 0.5) is 0 Å². The van der Waals surface area contributed by atoms with E-state index < -0.39 is 18.1 Å². The minimum absolute atomic E-state index is 0.00311. The van der Waals surface area contributed by atoms with Crippen LogP contribution < -0.4 is 16.0 Å². The molecule has 1 saturated carbocycles. The van der Waals surface area contributed by atoms with Gasteiger partial charge in [-0.1, -0.05) is 34.6 Å². The van der Waals surface area contributed by atoms with E-state index in [9.17, 15) is 19.6 Å². The second-order valence-electron chi connectivity index (χ2n) is 10.7. The molecule has 8 nitrogen and oxygen atoms in total. The van der Waals surface area contributed by atoms with E-state index >= 15 is 0 Å². The van der Waals surface area contributed by atoms with Crippen molar-refractivity contribution in [2.24, 2.45) is 28.6 Å². The van der Waals surface area contributed by atoms with Gasteiger partial charge in [-0.15, -0.1) is 0 Å². The summed E-state index contributed by atoms with van der Waals surface area (Å²) in [7, 11) is 1.77. The molecule has 2 aliphatic heterocycles. The van der Waals surface area contributed by atoms with Gasteiger partial charge in [0.2, 0.25) is 17.7 Å². The number of carbonyl (C=O) groups is 3. The quantitative estimate of drug-likeness (QED) is 0.587. The number of likely N-dealkylation sites (N-methyl/N-ethyl adjacent to an activating group) is 1. The Bertz CT molecular complexity index is 766. The number of hydrogen-bond donors (Lipinski definition) is 3. The number of amides is 3. The number of nitrogens with zero attached hydrogens (tertiary/aromatic N) is 2. The van der Waals surface area contributed by atoms with Crippen molar-refractivity contribution in [3.05, 3.63) is 0 Å². The van der Waals surface area contributed by atoms with Crippen molar-refractivity contribution < 1.29 is 14.4 Å². The molecule has 2 saturated heterocycles. The van der Waals surface area contributed by atoms with E-state index in [-0.39, 0.29) is 46.3 Å². The first-order valence-corrected chi connectivity index (χ1v) is 10.9. The Labute approximate surface area is 179 Å². The first-order chi connectivity index (χ1) is 13.9. The molecule has 3 amide bonds. The molecule has 0 bridgehead atoms. The Morgan fingerprint density at radius 1 is 1.37 bits per heavy atom. The number of nitriles is 1. The highest BCUT2D eigenvalue weighted by molar-refractivity contribution is 5.92. The summed E-state index contributed by atoms with van der Waals surface area (Å²) < 4.78 is 0. The van der Waals surface area contributed by atoms with Gasteiger partial charge in [-0.25, -0.2) is 0 Å². The highest BCUT2D eigenvalue weighted by atomic mass is 16.2. The van der Waals surface area contributed by atoms with Gasteiger partial charge in [0.05, 0.1) is 12.1 Å². The molecule has 3 rings (SSSR count). The number of fused-ring (bicyclic) bond motifs is 1. The van der Waals surface area contributed by atoms with Crippen molar-refractivity contribution in [2.45, 2.75) is 65.6 Å². The number of piperidine rings is 1. The first-order valence-electron chi connectivity index (χ1n) is 10.9. The second-order valence-corrected chi connectivity index (χ2v) is 10.7. The smallest absolute Gasteiger partial charge is 0.244 e. The number of nitrogens with one attached hydrogen (secondary N) is 3. The molecule has 3 N–H and O–H groups in total. The summed E-state index contributed by atoms with van der Waals surface area (Å²) in [6.07, 6.45) is 0.974. The van der Waals surface area contributed by atoms with Gasteiger partial charge >= 0.3 is 0 Å². The lowest BCUT2D eigenvalue weighted by molar-refractivity contribution is -0.144. The van der Waals surface area contributed by atoms with Crippen LogP contribution in [0.1, 0.15) is 47.5 Å². The largest absolute Gasteiger partial charge is 0.356 e. The molecule has 0 aromatic rings. The first kappa shape index (κ1) is 22.5. The summed E-state index contributed by atoms with van der Waals surface area (Å²) in [5, 5.41) is 18.3. The molecular weight excluding hydrogens is 382 g/mol. The maximum Gasteiger partial charge on any atom is 0.244 e. The maximum atomic E-state index is 13.4. The Kier molecular flexibility index (Phi) is 5.89. The minimum Gasteiger partial charge on any atom is -0.356 e. The van der Waals surface area contributed by atoms with Gasteiger partial charge in [0, 0.05) is 19.0 Å². The molecule has 3 fully saturated rings. The normalized spacial score (nSPS) is 31.4. The Balaban J connectivity index is 1.76. The summed E-state index contributed by atoms with van der Waals surface area (Å²) in [6.45, 7) is 11.4. The lowest BCUT2D eigenvalue weighted by Crippen LogP contribution is -2.58. The van der Waals surface area contributed by atoms with Crippen molar-refractivity contribution in [1.29, 1.82) is 5.26 Å². The van der Waals surface area contributed by atoms with Crippen LogP contribution in [0.3, 0.4) is 0 Å². The lowest BCUT2D eigenvalue weighted by Gasteiger charge is -2.37. The van der Waals surface area contributed by atoms with Gasteiger partial charge in [0.25, 0.3) is 0 Å². The monoisotopic (exact) mass is 417 g/mol. The molecule has 30 heavy (non-hydrogen) atoms. The minimum atomic E-state index is -0.744.